The maximum Gasteiger partial charge on any atom is 0.329 e. The monoisotopic (exact) mass is 300 g/mol. The number of amides is 2. The number of carbonyl (C=O) groups excluding carboxylic acids is 1. The molecule has 5 nitrogen and oxygen atoms in total. The number of benzene rings is 1. The summed E-state index contributed by atoms with van der Waals surface area (Å²) in [5.41, 5.74) is -1.24. The molecule has 0 spiro atoms. The van der Waals surface area contributed by atoms with Gasteiger partial charge in [0.05, 0.1) is 0 Å². The quantitative estimate of drug-likeness (QED) is 0.755. The van der Waals surface area contributed by atoms with Gasteiger partial charge in [-0.15, -0.1) is 0 Å². The standard InChI is InChI=1S/C14H18F2N2O3/c1-3-14(4-2,12(19)20)18-13(21)17-8-9-5-6-10(15)7-11(9)16/h5-7H,3-4,8H2,1-2H3,(H,19,20)(H2,17,18,21). The van der Waals surface area contributed by atoms with Gasteiger partial charge in [-0.05, 0) is 18.9 Å². The highest BCUT2D eigenvalue weighted by Crippen LogP contribution is 2.15. The highest BCUT2D eigenvalue weighted by molar-refractivity contribution is 5.86. The predicted molar refractivity (Wildman–Crippen MR) is 72.7 cm³/mol. The molecular formula is C14H18F2N2O3. The van der Waals surface area contributed by atoms with E-state index < -0.39 is 29.2 Å². The van der Waals surface area contributed by atoms with Gasteiger partial charge >= 0.3 is 12.0 Å². The summed E-state index contributed by atoms with van der Waals surface area (Å²) < 4.78 is 26.1. The van der Waals surface area contributed by atoms with E-state index in [4.69, 9.17) is 0 Å². The predicted octanol–water partition coefficient (Wildman–Crippen LogP) is 2.41. The second-order valence-corrected chi connectivity index (χ2v) is 4.64. The molecule has 0 saturated heterocycles. The Labute approximate surface area is 121 Å². The number of carbonyl (C=O) groups is 2. The largest absolute Gasteiger partial charge is 0.480 e. The maximum absolute atomic E-state index is 13.4. The van der Waals surface area contributed by atoms with Gasteiger partial charge in [-0.25, -0.2) is 18.4 Å². The fraction of sp³-hybridized carbons (Fsp3) is 0.429. The summed E-state index contributed by atoms with van der Waals surface area (Å²) in [6.45, 7) is 3.14. The van der Waals surface area contributed by atoms with Crippen LogP contribution in [-0.4, -0.2) is 22.6 Å². The Morgan fingerprint density at radius 2 is 1.86 bits per heavy atom. The number of halogens is 2. The van der Waals surface area contributed by atoms with Gasteiger partial charge in [-0.2, -0.15) is 0 Å². The molecule has 2 amide bonds. The Morgan fingerprint density at radius 3 is 2.33 bits per heavy atom. The first kappa shape index (κ1) is 16.9. The third-order valence-electron chi connectivity index (χ3n) is 3.42. The minimum atomic E-state index is -1.36. The fourth-order valence-electron chi connectivity index (χ4n) is 1.88. The third-order valence-corrected chi connectivity index (χ3v) is 3.42. The Balaban J connectivity index is 2.67. The second-order valence-electron chi connectivity index (χ2n) is 4.64. The minimum absolute atomic E-state index is 0.112. The molecule has 1 rings (SSSR count). The molecule has 0 fully saturated rings. The lowest BCUT2D eigenvalue weighted by Crippen LogP contribution is -2.56. The summed E-state index contributed by atoms with van der Waals surface area (Å²) in [6.07, 6.45) is 0.439. The van der Waals surface area contributed by atoms with E-state index in [2.05, 4.69) is 10.6 Å². The first-order valence-electron chi connectivity index (χ1n) is 6.58. The van der Waals surface area contributed by atoms with Crippen LogP contribution in [0.2, 0.25) is 0 Å². The van der Waals surface area contributed by atoms with E-state index in [0.717, 1.165) is 6.07 Å². The number of aliphatic carboxylic acids is 1. The summed E-state index contributed by atoms with van der Waals surface area (Å²) >= 11 is 0. The summed E-state index contributed by atoms with van der Waals surface area (Å²) in [6, 6.07) is 2.30. The lowest BCUT2D eigenvalue weighted by Gasteiger charge is -2.28. The number of carboxylic acids is 1. The third kappa shape index (κ3) is 4.14. The Morgan fingerprint density at radius 1 is 1.24 bits per heavy atom. The molecule has 7 heteroatoms. The van der Waals surface area contributed by atoms with Gasteiger partial charge in [-0.3, -0.25) is 0 Å². The molecule has 0 saturated carbocycles. The normalized spacial score (nSPS) is 11.0. The molecule has 116 valence electrons. The Bertz CT molecular complexity index is 531. The van der Waals surface area contributed by atoms with Gasteiger partial charge in [-0.1, -0.05) is 19.9 Å². The van der Waals surface area contributed by atoms with Crippen molar-refractivity contribution in [2.24, 2.45) is 0 Å². The molecule has 3 N–H and O–H groups in total. The molecule has 0 atom stereocenters. The second kappa shape index (κ2) is 7.01. The first-order valence-corrected chi connectivity index (χ1v) is 6.58. The zero-order valence-corrected chi connectivity index (χ0v) is 11.9. The first-order chi connectivity index (χ1) is 9.84. The van der Waals surface area contributed by atoms with Crippen LogP contribution in [0.4, 0.5) is 13.6 Å². The summed E-state index contributed by atoms with van der Waals surface area (Å²) in [5.74, 6) is -2.61. The van der Waals surface area contributed by atoms with Crippen LogP contribution in [0.1, 0.15) is 32.3 Å². The number of hydrogen-bond acceptors (Lipinski definition) is 2. The van der Waals surface area contributed by atoms with E-state index >= 15 is 0 Å². The molecule has 0 bridgehead atoms. The highest BCUT2D eigenvalue weighted by Gasteiger charge is 2.36. The Kier molecular flexibility index (Phi) is 5.63. The average Bonchev–Trinajstić information content (AvgIpc) is 2.43. The summed E-state index contributed by atoms with van der Waals surface area (Å²) in [7, 11) is 0. The van der Waals surface area contributed by atoms with Gasteiger partial charge in [0.1, 0.15) is 17.2 Å². The van der Waals surface area contributed by atoms with E-state index in [1.54, 1.807) is 13.8 Å². The molecule has 0 radical (unpaired) electrons. The van der Waals surface area contributed by atoms with Crippen LogP contribution in [-0.2, 0) is 11.3 Å². The van der Waals surface area contributed by atoms with Crippen LogP contribution in [0.25, 0.3) is 0 Å². The van der Waals surface area contributed by atoms with Gasteiger partial charge in [0, 0.05) is 18.2 Å². The van der Waals surface area contributed by atoms with Crippen LogP contribution in [0.3, 0.4) is 0 Å². The van der Waals surface area contributed by atoms with E-state index in [-0.39, 0.29) is 24.9 Å². The summed E-state index contributed by atoms with van der Waals surface area (Å²) in [4.78, 5) is 23.0. The van der Waals surface area contributed by atoms with Crippen molar-refractivity contribution in [3.8, 4) is 0 Å². The van der Waals surface area contributed by atoms with Crippen molar-refractivity contribution in [2.75, 3.05) is 0 Å². The lowest BCUT2D eigenvalue weighted by atomic mass is 9.93. The number of carboxylic acid groups (broad SMARTS) is 1. The van der Waals surface area contributed by atoms with Crippen LogP contribution in [0, 0.1) is 11.6 Å². The molecule has 0 aromatic heterocycles. The number of hydrogen-bond donors (Lipinski definition) is 3. The van der Waals surface area contributed by atoms with Gasteiger partial charge in [0.15, 0.2) is 0 Å². The molecular weight excluding hydrogens is 282 g/mol. The molecule has 0 aliphatic heterocycles. The molecule has 1 aromatic carbocycles. The average molecular weight is 300 g/mol. The zero-order valence-electron chi connectivity index (χ0n) is 11.9. The molecule has 0 heterocycles. The van der Waals surface area contributed by atoms with Crippen molar-refractivity contribution in [1.29, 1.82) is 0 Å². The van der Waals surface area contributed by atoms with Gasteiger partial charge in [0.2, 0.25) is 0 Å². The van der Waals surface area contributed by atoms with Crippen LogP contribution >= 0.6 is 0 Å². The van der Waals surface area contributed by atoms with Crippen LogP contribution < -0.4 is 10.6 Å². The van der Waals surface area contributed by atoms with Crippen molar-refractivity contribution in [2.45, 2.75) is 38.8 Å². The SMILES string of the molecule is CCC(CC)(NC(=O)NCc1ccc(F)cc1F)C(=O)O. The van der Waals surface area contributed by atoms with Crippen LogP contribution in [0.15, 0.2) is 18.2 Å². The maximum atomic E-state index is 13.4. The van der Waals surface area contributed by atoms with E-state index in [0.29, 0.717) is 6.07 Å². The molecule has 0 aliphatic rings. The highest BCUT2D eigenvalue weighted by atomic mass is 19.1. The molecule has 0 unspecified atom stereocenters. The molecule has 0 aliphatic carbocycles. The van der Waals surface area contributed by atoms with E-state index in [1.165, 1.54) is 6.07 Å². The van der Waals surface area contributed by atoms with E-state index in [9.17, 15) is 23.5 Å². The van der Waals surface area contributed by atoms with Gasteiger partial charge in [0.25, 0.3) is 0 Å². The van der Waals surface area contributed by atoms with Crippen LogP contribution in [0.5, 0.6) is 0 Å². The minimum Gasteiger partial charge on any atom is -0.480 e. The summed E-state index contributed by atoms with van der Waals surface area (Å²) in [5, 5.41) is 13.9. The van der Waals surface area contributed by atoms with Crippen molar-refractivity contribution in [3.05, 3.63) is 35.4 Å². The van der Waals surface area contributed by atoms with Crippen molar-refractivity contribution in [1.82, 2.24) is 10.6 Å². The Hall–Kier alpha value is -2.18. The smallest absolute Gasteiger partial charge is 0.329 e. The molecule has 1 aromatic rings. The topological polar surface area (TPSA) is 78.4 Å². The number of rotatable bonds is 6. The lowest BCUT2D eigenvalue weighted by molar-refractivity contribution is -0.144. The van der Waals surface area contributed by atoms with E-state index in [1.807, 2.05) is 0 Å². The van der Waals surface area contributed by atoms with Gasteiger partial charge < -0.3 is 15.7 Å². The molecule has 21 heavy (non-hydrogen) atoms. The fourth-order valence-corrected chi connectivity index (χ4v) is 1.88. The number of nitrogens with one attached hydrogen (secondary N) is 2. The van der Waals surface area contributed by atoms with Crippen molar-refractivity contribution in [3.63, 3.8) is 0 Å². The number of urea groups is 1. The van der Waals surface area contributed by atoms with Crippen molar-refractivity contribution < 1.29 is 23.5 Å². The van der Waals surface area contributed by atoms with Crippen molar-refractivity contribution >= 4 is 12.0 Å². The zero-order chi connectivity index (χ0) is 16.0.